The summed E-state index contributed by atoms with van der Waals surface area (Å²) in [5.74, 6) is 0.651. The topological polar surface area (TPSA) is 97.8 Å². The maximum Gasteiger partial charge on any atom is 0.312 e. The van der Waals surface area contributed by atoms with Gasteiger partial charge in [0.2, 0.25) is 0 Å². The van der Waals surface area contributed by atoms with Crippen LogP contribution in [0.2, 0.25) is 0 Å². The second-order valence-corrected chi connectivity index (χ2v) is 7.98. The number of hydrogen-bond donors (Lipinski definition) is 0. The summed E-state index contributed by atoms with van der Waals surface area (Å²) in [5, 5.41) is 2.41. The summed E-state index contributed by atoms with van der Waals surface area (Å²) in [6.45, 7) is 2.33. The molecule has 0 saturated carbocycles. The Morgan fingerprint density at radius 1 is 1.06 bits per heavy atom. The van der Waals surface area contributed by atoms with Crippen LogP contribution < -0.4 is 9.64 Å². The number of amides is 1. The van der Waals surface area contributed by atoms with Gasteiger partial charge in [-0.3, -0.25) is 9.59 Å². The van der Waals surface area contributed by atoms with Crippen LogP contribution in [0.3, 0.4) is 0 Å². The van der Waals surface area contributed by atoms with Crippen molar-refractivity contribution in [1.82, 2.24) is 19.9 Å². The molecule has 3 heterocycles. The molecule has 1 aliphatic rings. The van der Waals surface area contributed by atoms with E-state index in [9.17, 15) is 9.59 Å². The van der Waals surface area contributed by atoms with Crippen LogP contribution in [0.4, 0.5) is 5.69 Å². The molecule has 3 aromatic rings. The van der Waals surface area contributed by atoms with Crippen LogP contribution >= 0.6 is 11.3 Å². The van der Waals surface area contributed by atoms with Crippen LogP contribution in [0, 0.1) is 0 Å². The number of piperazine rings is 1. The number of methoxy groups -OCH3 is 1. The number of nitrogens with zero attached hydrogens (tertiary/aromatic N) is 5. The third kappa shape index (κ3) is 5.38. The molecule has 2 aromatic heterocycles. The van der Waals surface area contributed by atoms with Gasteiger partial charge in [0.25, 0.3) is 5.91 Å². The lowest BCUT2D eigenvalue weighted by atomic mass is 10.2. The molecular formula is C22H23N5O4S. The molecule has 4 rings (SSSR count). The summed E-state index contributed by atoms with van der Waals surface area (Å²) in [6, 6.07) is 9.58. The summed E-state index contributed by atoms with van der Waals surface area (Å²) in [6.07, 6.45) is 3.28. The molecule has 0 unspecified atom stereocenters. The average molecular weight is 454 g/mol. The number of anilines is 1. The van der Waals surface area contributed by atoms with E-state index >= 15 is 0 Å². The summed E-state index contributed by atoms with van der Waals surface area (Å²) in [7, 11) is 1.64. The van der Waals surface area contributed by atoms with Crippen LogP contribution in [0.1, 0.15) is 5.69 Å². The molecule has 0 atom stereocenters. The van der Waals surface area contributed by atoms with Gasteiger partial charge in [-0.1, -0.05) is 0 Å². The third-order valence-electron chi connectivity index (χ3n) is 5.06. The molecule has 0 N–H and O–H groups in total. The van der Waals surface area contributed by atoms with Crippen LogP contribution in [0.5, 0.6) is 5.75 Å². The van der Waals surface area contributed by atoms with Gasteiger partial charge in [-0.15, -0.1) is 11.3 Å². The predicted molar refractivity (Wildman–Crippen MR) is 120 cm³/mol. The van der Waals surface area contributed by atoms with Gasteiger partial charge >= 0.3 is 5.97 Å². The fourth-order valence-electron chi connectivity index (χ4n) is 3.34. The predicted octanol–water partition coefficient (Wildman–Crippen LogP) is 2.04. The van der Waals surface area contributed by atoms with Crippen molar-refractivity contribution in [1.29, 1.82) is 0 Å². The lowest BCUT2D eigenvalue weighted by Crippen LogP contribution is -2.49. The van der Waals surface area contributed by atoms with Gasteiger partial charge in [0, 0.05) is 49.6 Å². The Kier molecular flexibility index (Phi) is 6.90. The lowest BCUT2D eigenvalue weighted by Gasteiger charge is -2.36. The molecule has 9 nitrogen and oxygen atoms in total. The number of ether oxygens (including phenoxy) is 2. The zero-order valence-electron chi connectivity index (χ0n) is 17.6. The molecular weight excluding hydrogens is 430 g/mol. The smallest absolute Gasteiger partial charge is 0.312 e. The highest BCUT2D eigenvalue weighted by molar-refractivity contribution is 7.13. The molecule has 10 heteroatoms. The van der Waals surface area contributed by atoms with Crippen molar-refractivity contribution >= 4 is 28.9 Å². The quantitative estimate of drug-likeness (QED) is 0.502. The first-order valence-electron chi connectivity index (χ1n) is 10.2. The van der Waals surface area contributed by atoms with Gasteiger partial charge in [-0.05, 0) is 30.3 Å². The molecule has 1 fully saturated rings. The second kappa shape index (κ2) is 10.2. The van der Waals surface area contributed by atoms with Crippen molar-refractivity contribution in [2.24, 2.45) is 0 Å². The molecule has 166 valence electrons. The molecule has 1 aromatic carbocycles. The zero-order chi connectivity index (χ0) is 22.3. The number of rotatable bonds is 7. The van der Waals surface area contributed by atoms with E-state index in [1.807, 2.05) is 24.3 Å². The van der Waals surface area contributed by atoms with E-state index in [0.29, 0.717) is 29.6 Å². The lowest BCUT2D eigenvalue weighted by molar-refractivity contribution is -0.151. The number of aromatic nitrogens is 3. The minimum atomic E-state index is -0.485. The zero-order valence-corrected chi connectivity index (χ0v) is 18.5. The van der Waals surface area contributed by atoms with Crippen molar-refractivity contribution in [3.8, 4) is 16.6 Å². The van der Waals surface area contributed by atoms with Gasteiger partial charge in [-0.25, -0.2) is 15.0 Å². The van der Waals surface area contributed by atoms with Gasteiger partial charge in [0.1, 0.15) is 5.75 Å². The highest BCUT2D eigenvalue weighted by Crippen LogP contribution is 2.21. The van der Waals surface area contributed by atoms with Crippen molar-refractivity contribution < 1.29 is 19.1 Å². The summed E-state index contributed by atoms with van der Waals surface area (Å²) < 4.78 is 10.4. The highest BCUT2D eigenvalue weighted by atomic mass is 32.1. The minimum absolute atomic E-state index is 0.00185. The molecule has 0 bridgehead atoms. The van der Waals surface area contributed by atoms with Crippen LogP contribution in [-0.2, 0) is 20.7 Å². The van der Waals surface area contributed by atoms with Crippen LogP contribution in [-0.4, -0.2) is 71.6 Å². The Bertz CT molecular complexity index is 1050. The minimum Gasteiger partial charge on any atom is -0.497 e. The van der Waals surface area contributed by atoms with Crippen molar-refractivity contribution in [3.63, 3.8) is 0 Å². The number of hydrogen-bond acceptors (Lipinski definition) is 9. The first kappa shape index (κ1) is 21.7. The molecule has 1 amide bonds. The van der Waals surface area contributed by atoms with Gasteiger partial charge in [0.15, 0.2) is 17.4 Å². The normalized spacial score (nSPS) is 13.7. The molecule has 1 aliphatic heterocycles. The number of benzene rings is 1. The maximum absolute atomic E-state index is 12.5. The SMILES string of the molecule is COc1ccc(N2CCN(C(=O)COC(=O)Cc3csc(-c4ncccn4)n3)CC2)cc1. The van der Waals surface area contributed by atoms with E-state index in [0.717, 1.165) is 24.5 Å². The Morgan fingerprint density at radius 2 is 1.78 bits per heavy atom. The van der Waals surface area contributed by atoms with E-state index in [4.69, 9.17) is 9.47 Å². The molecule has 0 radical (unpaired) electrons. The Hall–Kier alpha value is -3.53. The highest BCUT2D eigenvalue weighted by Gasteiger charge is 2.22. The summed E-state index contributed by atoms with van der Waals surface area (Å²) in [4.78, 5) is 41.2. The number of esters is 1. The second-order valence-electron chi connectivity index (χ2n) is 7.12. The monoisotopic (exact) mass is 453 g/mol. The average Bonchev–Trinajstić information content (AvgIpc) is 3.31. The Labute approximate surface area is 189 Å². The standard InChI is InChI=1S/C22H23N5O4S/c1-30-18-5-3-17(4-6-18)26-9-11-27(12-10-26)19(28)14-31-20(29)13-16-15-32-22(25-16)21-23-7-2-8-24-21/h2-8,15H,9-14H2,1H3. The van der Waals surface area contributed by atoms with E-state index in [1.54, 1.807) is 35.8 Å². The maximum atomic E-state index is 12.5. The molecule has 32 heavy (non-hydrogen) atoms. The number of carbonyl (C=O) groups is 2. The molecule has 0 spiro atoms. The van der Waals surface area contributed by atoms with Crippen molar-refractivity contribution in [3.05, 3.63) is 53.8 Å². The summed E-state index contributed by atoms with van der Waals surface area (Å²) in [5.41, 5.74) is 1.66. The van der Waals surface area contributed by atoms with Gasteiger partial charge < -0.3 is 19.3 Å². The fraction of sp³-hybridized carbons (Fsp3) is 0.318. The van der Waals surface area contributed by atoms with E-state index in [-0.39, 0.29) is 18.9 Å². The Morgan fingerprint density at radius 3 is 2.47 bits per heavy atom. The van der Waals surface area contributed by atoms with Crippen LogP contribution in [0.15, 0.2) is 48.1 Å². The van der Waals surface area contributed by atoms with Crippen molar-refractivity contribution in [2.75, 3.05) is 44.8 Å². The number of carbonyl (C=O) groups excluding carboxylic acids is 2. The number of thiazole rings is 1. The Balaban J connectivity index is 1.21. The van der Waals surface area contributed by atoms with E-state index in [1.165, 1.54) is 11.3 Å². The first-order valence-corrected chi connectivity index (χ1v) is 11.0. The fourth-order valence-corrected chi connectivity index (χ4v) is 4.10. The van der Waals surface area contributed by atoms with Crippen molar-refractivity contribution in [2.45, 2.75) is 6.42 Å². The molecule has 0 aliphatic carbocycles. The third-order valence-corrected chi connectivity index (χ3v) is 5.95. The van der Waals surface area contributed by atoms with Gasteiger partial charge in [0.05, 0.1) is 19.2 Å². The largest absolute Gasteiger partial charge is 0.497 e. The van der Waals surface area contributed by atoms with E-state index in [2.05, 4.69) is 19.9 Å². The van der Waals surface area contributed by atoms with Crippen LogP contribution in [0.25, 0.3) is 10.8 Å². The summed E-state index contributed by atoms with van der Waals surface area (Å²) >= 11 is 1.36. The van der Waals surface area contributed by atoms with Gasteiger partial charge in [-0.2, -0.15) is 0 Å². The van der Waals surface area contributed by atoms with E-state index < -0.39 is 5.97 Å². The first-order chi connectivity index (χ1) is 15.6. The molecule has 1 saturated heterocycles.